The fourth-order valence-corrected chi connectivity index (χ4v) is 3.94. The van der Waals surface area contributed by atoms with Crippen LogP contribution in [-0.2, 0) is 16.0 Å². The van der Waals surface area contributed by atoms with Crippen molar-refractivity contribution < 1.29 is 19.5 Å². The molecule has 0 aromatic heterocycles. The summed E-state index contributed by atoms with van der Waals surface area (Å²) in [6.07, 6.45) is 3.03. The molecule has 4 N–H and O–H groups in total. The van der Waals surface area contributed by atoms with Crippen molar-refractivity contribution in [3.05, 3.63) is 57.6 Å². The van der Waals surface area contributed by atoms with Crippen LogP contribution < -0.4 is 16.0 Å². The number of anilines is 2. The van der Waals surface area contributed by atoms with Crippen molar-refractivity contribution in [2.75, 3.05) is 23.7 Å². The molecule has 10 heteroatoms. The molecular weight excluding hydrogens is 467 g/mol. The highest BCUT2D eigenvalue weighted by molar-refractivity contribution is 6.37. The molecule has 8 nitrogen and oxygen atoms in total. The quantitative estimate of drug-likeness (QED) is 0.437. The number of carboxylic acids is 1. The molecule has 2 aromatic carbocycles. The third-order valence-electron chi connectivity index (χ3n) is 4.96. The van der Waals surface area contributed by atoms with Gasteiger partial charge in [0.05, 0.1) is 17.3 Å². The predicted octanol–water partition coefficient (Wildman–Crippen LogP) is 4.37. The van der Waals surface area contributed by atoms with E-state index < -0.39 is 17.8 Å². The Labute approximate surface area is 201 Å². The molecule has 0 fully saturated rings. The number of rotatable bonds is 8. The van der Waals surface area contributed by atoms with Gasteiger partial charge in [-0.15, -0.1) is 0 Å². The predicted molar refractivity (Wildman–Crippen MR) is 130 cm³/mol. The Morgan fingerprint density at radius 2 is 1.91 bits per heavy atom. The van der Waals surface area contributed by atoms with Crippen LogP contribution in [0.3, 0.4) is 0 Å². The number of aryl methyl sites for hydroxylation is 1. The zero-order valence-electron chi connectivity index (χ0n) is 17.8. The summed E-state index contributed by atoms with van der Waals surface area (Å²) in [6.45, 7) is 0.508. The molecule has 3 rings (SSSR count). The Hall–Kier alpha value is -3.10. The molecule has 174 valence electrons. The number of carboxylic acid groups (broad SMARTS) is 1. The van der Waals surface area contributed by atoms with Gasteiger partial charge in [-0.3, -0.25) is 19.4 Å². The highest BCUT2D eigenvalue weighted by Crippen LogP contribution is 2.31. The topological polar surface area (TPSA) is 120 Å². The summed E-state index contributed by atoms with van der Waals surface area (Å²) in [4.78, 5) is 40.3. The van der Waals surface area contributed by atoms with E-state index in [0.29, 0.717) is 16.1 Å². The number of amidine groups is 1. The molecule has 1 aliphatic heterocycles. The fraction of sp³-hybridized carbons (Fsp3) is 0.304. The number of hydrogen-bond acceptors (Lipinski definition) is 5. The Balaban J connectivity index is 1.60. The van der Waals surface area contributed by atoms with Crippen LogP contribution in [-0.4, -0.2) is 41.8 Å². The molecule has 33 heavy (non-hydrogen) atoms. The van der Waals surface area contributed by atoms with Crippen molar-refractivity contribution in [1.82, 2.24) is 5.32 Å². The second-order valence-electron chi connectivity index (χ2n) is 7.54. The van der Waals surface area contributed by atoms with Crippen molar-refractivity contribution in [2.24, 2.45) is 4.99 Å². The van der Waals surface area contributed by atoms with Crippen LogP contribution in [0, 0.1) is 0 Å². The molecule has 0 saturated heterocycles. The summed E-state index contributed by atoms with van der Waals surface area (Å²) < 4.78 is 0. The van der Waals surface area contributed by atoms with E-state index in [1.807, 2.05) is 6.07 Å². The Bertz CT molecular complexity index is 1090. The van der Waals surface area contributed by atoms with E-state index in [9.17, 15) is 14.4 Å². The minimum Gasteiger partial charge on any atom is -0.481 e. The Kier molecular flexibility index (Phi) is 8.68. The van der Waals surface area contributed by atoms with E-state index in [1.54, 1.807) is 24.3 Å². The Morgan fingerprint density at radius 3 is 2.64 bits per heavy atom. The summed E-state index contributed by atoms with van der Waals surface area (Å²) in [5, 5.41) is 17.9. The number of aliphatic carboxylic acids is 1. The second kappa shape index (κ2) is 11.7. The number of carbonyl (C=O) groups excluding carboxylic acids is 2. The lowest BCUT2D eigenvalue weighted by molar-refractivity contribution is -0.137. The molecular formula is C23H24Cl2N4O4. The third-order valence-corrected chi connectivity index (χ3v) is 5.47. The number of aliphatic imine (C=N–C) groups is 1. The fourth-order valence-electron chi connectivity index (χ4n) is 3.36. The SMILES string of the molecule is O=C(O)CCc1cc(Cl)cc(Cl)c1NC(=O)CNC(=O)c1cccc(NC2=NCCCC2)c1. The van der Waals surface area contributed by atoms with Crippen molar-refractivity contribution in [1.29, 1.82) is 0 Å². The van der Waals surface area contributed by atoms with Gasteiger partial charge in [-0.25, -0.2) is 0 Å². The van der Waals surface area contributed by atoms with Gasteiger partial charge in [0.2, 0.25) is 5.91 Å². The monoisotopic (exact) mass is 490 g/mol. The second-order valence-corrected chi connectivity index (χ2v) is 8.38. The maximum Gasteiger partial charge on any atom is 0.303 e. The first kappa shape index (κ1) is 24.5. The lowest BCUT2D eigenvalue weighted by Gasteiger charge is -2.15. The van der Waals surface area contributed by atoms with Gasteiger partial charge in [0.25, 0.3) is 5.91 Å². The van der Waals surface area contributed by atoms with Gasteiger partial charge >= 0.3 is 5.97 Å². The number of benzene rings is 2. The van der Waals surface area contributed by atoms with Gasteiger partial charge in [0.1, 0.15) is 5.84 Å². The molecule has 0 aliphatic carbocycles. The van der Waals surface area contributed by atoms with Crippen LogP contribution in [0.5, 0.6) is 0 Å². The molecule has 0 radical (unpaired) electrons. The van der Waals surface area contributed by atoms with Gasteiger partial charge in [-0.2, -0.15) is 0 Å². The smallest absolute Gasteiger partial charge is 0.303 e. The summed E-state index contributed by atoms with van der Waals surface area (Å²) in [6, 6.07) is 9.96. The first-order valence-electron chi connectivity index (χ1n) is 10.5. The van der Waals surface area contributed by atoms with Crippen molar-refractivity contribution in [3.63, 3.8) is 0 Å². The van der Waals surface area contributed by atoms with Crippen LogP contribution in [0.25, 0.3) is 0 Å². The van der Waals surface area contributed by atoms with Crippen LogP contribution >= 0.6 is 23.2 Å². The van der Waals surface area contributed by atoms with Gasteiger partial charge in [0.15, 0.2) is 0 Å². The first-order chi connectivity index (χ1) is 15.8. The number of nitrogens with zero attached hydrogens (tertiary/aromatic N) is 1. The average molecular weight is 491 g/mol. The van der Waals surface area contributed by atoms with Crippen LogP contribution in [0.4, 0.5) is 11.4 Å². The maximum absolute atomic E-state index is 12.5. The lowest BCUT2D eigenvalue weighted by Crippen LogP contribution is -2.33. The number of hydrogen-bond donors (Lipinski definition) is 4. The molecule has 2 aromatic rings. The maximum atomic E-state index is 12.5. The average Bonchev–Trinajstić information content (AvgIpc) is 2.79. The van der Waals surface area contributed by atoms with Crippen LogP contribution in [0.2, 0.25) is 10.0 Å². The van der Waals surface area contributed by atoms with E-state index in [-0.39, 0.29) is 30.1 Å². The van der Waals surface area contributed by atoms with Crippen molar-refractivity contribution in [2.45, 2.75) is 32.1 Å². The summed E-state index contributed by atoms with van der Waals surface area (Å²) >= 11 is 12.2. The van der Waals surface area contributed by atoms with E-state index >= 15 is 0 Å². The molecule has 0 spiro atoms. The molecule has 1 aliphatic rings. The highest BCUT2D eigenvalue weighted by Gasteiger charge is 2.15. The zero-order valence-corrected chi connectivity index (χ0v) is 19.3. The van der Waals surface area contributed by atoms with Gasteiger partial charge in [-0.05, 0) is 55.2 Å². The van der Waals surface area contributed by atoms with Gasteiger partial charge in [-0.1, -0.05) is 29.3 Å². The van der Waals surface area contributed by atoms with Crippen LogP contribution in [0.1, 0.15) is 41.6 Å². The number of nitrogens with one attached hydrogen (secondary N) is 3. The van der Waals surface area contributed by atoms with Crippen molar-refractivity contribution >= 4 is 58.2 Å². The molecule has 0 bridgehead atoms. The largest absolute Gasteiger partial charge is 0.481 e. The molecule has 1 heterocycles. The van der Waals surface area contributed by atoms with E-state index in [0.717, 1.165) is 37.3 Å². The summed E-state index contributed by atoms with van der Waals surface area (Å²) in [5.74, 6) is -0.998. The third kappa shape index (κ3) is 7.47. The molecule has 0 saturated carbocycles. The summed E-state index contributed by atoms with van der Waals surface area (Å²) in [7, 11) is 0. The van der Waals surface area contributed by atoms with Crippen molar-refractivity contribution in [3.8, 4) is 0 Å². The minimum absolute atomic E-state index is 0.142. The summed E-state index contributed by atoms with van der Waals surface area (Å²) in [5.41, 5.74) is 1.93. The lowest BCUT2D eigenvalue weighted by atomic mass is 10.1. The zero-order chi connectivity index (χ0) is 23.8. The van der Waals surface area contributed by atoms with E-state index in [4.69, 9.17) is 28.3 Å². The van der Waals surface area contributed by atoms with Crippen LogP contribution in [0.15, 0.2) is 41.4 Å². The van der Waals surface area contributed by atoms with Gasteiger partial charge < -0.3 is 21.1 Å². The first-order valence-corrected chi connectivity index (χ1v) is 11.3. The number of halogens is 2. The number of amides is 2. The van der Waals surface area contributed by atoms with E-state index in [2.05, 4.69) is 20.9 Å². The van der Waals surface area contributed by atoms with E-state index in [1.165, 1.54) is 6.07 Å². The highest BCUT2D eigenvalue weighted by atomic mass is 35.5. The standard InChI is InChI=1S/C23H24Cl2N4O4/c24-16-10-14(7-8-21(31)32)22(18(25)12-16)29-20(30)13-27-23(33)15-4-3-5-17(11-15)28-19-6-1-2-9-26-19/h3-5,10-12H,1-2,6-9,13H2,(H,26,28)(H,27,33)(H,29,30)(H,31,32). The normalized spacial score (nSPS) is 13.1. The molecule has 2 amide bonds. The minimum atomic E-state index is -0.983. The molecule has 0 unspecified atom stereocenters. The van der Waals surface area contributed by atoms with Gasteiger partial charge in [0, 0.05) is 35.7 Å². The molecule has 0 atom stereocenters. The number of carbonyl (C=O) groups is 3. The Morgan fingerprint density at radius 1 is 1.09 bits per heavy atom.